The first-order chi connectivity index (χ1) is 24.6. The third kappa shape index (κ3) is 32.4. The van der Waals surface area contributed by atoms with Crippen LogP contribution in [-0.2, 0) is 28.6 Å². The van der Waals surface area contributed by atoms with E-state index in [0.29, 0.717) is 12.8 Å². The summed E-state index contributed by atoms with van der Waals surface area (Å²) in [7, 11) is 5.36. The number of allylic oxidation sites excluding steroid dienone is 12. The minimum absolute atomic E-state index is 0.00754. The molecule has 0 aliphatic carbocycles. The molecule has 0 bridgehead atoms. The molecule has 0 radical (unpaired) electrons. The van der Waals surface area contributed by atoms with Gasteiger partial charge in [-0.25, -0.2) is 0 Å². The molecule has 0 N–H and O–H groups in total. The van der Waals surface area contributed by atoms with E-state index in [-0.39, 0.29) is 43.1 Å². The summed E-state index contributed by atoms with van der Waals surface area (Å²) in [6.45, 7) is 4.40. The van der Waals surface area contributed by atoms with Gasteiger partial charge in [0.05, 0.1) is 40.3 Å². The molecule has 0 aliphatic rings. The zero-order valence-corrected chi connectivity index (χ0v) is 32.7. The van der Waals surface area contributed by atoms with Gasteiger partial charge in [0.1, 0.15) is 12.6 Å². The van der Waals surface area contributed by atoms with E-state index in [9.17, 15) is 19.5 Å². The van der Waals surface area contributed by atoms with Crippen LogP contribution in [0.1, 0.15) is 129 Å². The first-order valence-electron chi connectivity index (χ1n) is 19.5. The first-order valence-corrected chi connectivity index (χ1v) is 19.5. The third-order valence-electron chi connectivity index (χ3n) is 8.12. The number of hydrogen-bond donors (Lipinski definition) is 0. The number of esters is 2. The smallest absolute Gasteiger partial charge is 0.306 e. The zero-order valence-electron chi connectivity index (χ0n) is 32.7. The maximum atomic E-state index is 12.6. The van der Waals surface area contributed by atoms with Crippen molar-refractivity contribution in [2.75, 3.05) is 41.0 Å². The summed E-state index contributed by atoms with van der Waals surface area (Å²) in [5.74, 6) is -1.86. The van der Waals surface area contributed by atoms with Crippen LogP contribution in [0.2, 0.25) is 0 Å². The Hall–Kier alpha value is -3.23. The normalized spacial score (nSPS) is 13.8. The van der Waals surface area contributed by atoms with Crippen molar-refractivity contribution in [3.63, 3.8) is 0 Å². The van der Waals surface area contributed by atoms with Crippen LogP contribution in [0, 0.1) is 0 Å². The molecule has 0 spiro atoms. The highest BCUT2D eigenvalue weighted by Crippen LogP contribution is 2.11. The number of quaternary nitrogens is 1. The lowest BCUT2D eigenvalue weighted by atomic mass is 10.1. The number of carbonyl (C=O) groups is 3. The quantitative estimate of drug-likeness (QED) is 0.0290. The number of aliphatic carboxylic acids is 1. The van der Waals surface area contributed by atoms with E-state index >= 15 is 0 Å². The molecule has 0 aromatic rings. The lowest BCUT2D eigenvalue weighted by molar-refractivity contribution is -0.889. The number of nitrogens with zero attached hydrogens (tertiary/aromatic N) is 1. The Labute approximate surface area is 311 Å². The lowest BCUT2D eigenvalue weighted by Crippen LogP contribution is -2.55. The number of unbranched alkanes of at least 4 members (excludes halogenated alkanes) is 7. The van der Waals surface area contributed by atoms with Crippen molar-refractivity contribution < 1.29 is 38.2 Å². The lowest BCUT2D eigenvalue weighted by Gasteiger charge is -2.34. The predicted octanol–water partition coefficient (Wildman–Crippen LogP) is 8.68. The van der Waals surface area contributed by atoms with E-state index < -0.39 is 24.1 Å². The van der Waals surface area contributed by atoms with Gasteiger partial charge in [-0.2, -0.15) is 0 Å². The van der Waals surface area contributed by atoms with Crippen LogP contribution in [0.25, 0.3) is 0 Å². The van der Waals surface area contributed by atoms with Crippen molar-refractivity contribution in [1.82, 2.24) is 0 Å². The number of carboxylic acids is 1. The van der Waals surface area contributed by atoms with Gasteiger partial charge in [0.15, 0.2) is 6.10 Å². The van der Waals surface area contributed by atoms with Gasteiger partial charge in [-0.3, -0.25) is 9.59 Å². The van der Waals surface area contributed by atoms with Crippen LogP contribution in [0.5, 0.6) is 0 Å². The molecule has 0 saturated heterocycles. The SMILES string of the molecule is CC/C=C\C/C=C\C/C=C\C/C=C\C/C=C\C/C=C\CCC(=O)OC(COCCC(C(=O)[O-])[N+](C)(C)C)COC(=O)CCCCCCCCCC. The molecule has 0 aliphatic heterocycles. The second-order valence-corrected chi connectivity index (χ2v) is 13.8. The third-order valence-corrected chi connectivity index (χ3v) is 8.12. The molecular weight excluding hydrogens is 642 g/mol. The molecule has 2 atom stereocenters. The Morgan fingerprint density at radius 2 is 1.10 bits per heavy atom. The van der Waals surface area contributed by atoms with Crippen LogP contribution in [0.3, 0.4) is 0 Å². The van der Waals surface area contributed by atoms with Crippen LogP contribution < -0.4 is 5.11 Å². The summed E-state index contributed by atoms with van der Waals surface area (Å²) in [6.07, 6.45) is 40.9. The second-order valence-electron chi connectivity index (χ2n) is 13.8. The average molecular weight is 714 g/mol. The highest BCUT2D eigenvalue weighted by Gasteiger charge is 2.25. The number of carboxylic acid groups (broad SMARTS) is 1. The highest BCUT2D eigenvalue weighted by atomic mass is 16.6. The van der Waals surface area contributed by atoms with Crippen molar-refractivity contribution in [2.45, 2.75) is 142 Å². The van der Waals surface area contributed by atoms with E-state index in [1.807, 2.05) is 12.2 Å². The number of ether oxygens (including phenoxy) is 3. The van der Waals surface area contributed by atoms with Gasteiger partial charge in [0, 0.05) is 19.3 Å². The van der Waals surface area contributed by atoms with E-state index in [0.717, 1.165) is 57.8 Å². The molecule has 0 fully saturated rings. The Bertz CT molecular complexity index is 1060. The molecule has 0 aromatic heterocycles. The van der Waals surface area contributed by atoms with Crippen molar-refractivity contribution in [3.05, 3.63) is 72.9 Å². The molecule has 2 unspecified atom stereocenters. The maximum Gasteiger partial charge on any atom is 0.306 e. The summed E-state index contributed by atoms with van der Waals surface area (Å²) >= 11 is 0. The standard InChI is InChI=1S/C43H71NO7/c1-6-8-10-12-14-16-17-18-19-20-21-22-23-24-25-26-28-30-32-34-42(46)51-39(37-49-36-35-40(43(47)48)44(3,4)5)38-50-41(45)33-31-29-27-15-13-11-9-7-2/h8,10,14,16,18-19,21-22,24-25,28,30,39-40H,6-7,9,11-13,15,17,20,23,26-27,29,31-38H2,1-5H3/b10-8-,16-14-,19-18-,22-21-,25-24-,30-28-. The Morgan fingerprint density at radius 1 is 0.608 bits per heavy atom. The Kier molecular flexibility index (Phi) is 31.7. The van der Waals surface area contributed by atoms with Crippen molar-refractivity contribution in [2.24, 2.45) is 0 Å². The van der Waals surface area contributed by atoms with E-state index in [2.05, 4.69) is 74.6 Å². The van der Waals surface area contributed by atoms with Crippen LogP contribution in [0.4, 0.5) is 0 Å². The summed E-state index contributed by atoms with van der Waals surface area (Å²) in [5, 5.41) is 11.6. The Balaban J connectivity index is 4.53. The summed E-state index contributed by atoms with van der Waals surface area (Å²) < 4.78 is 17.0. The van der Waals surface area contributed by atoms with Crippen LogP contribution in [0.15, 0.2) is 72.9 Å². The molecule has 0 rings (SSSR count). The first kappa shape index (κ1) is 47.8. The number of carbonyl (C=O) groups excluding carboxylic acids is 3. The molecule has 0 heterocycles. The Morgan fingerprint density at radius 3 is 1.59 bits per heavy atom. The maximum absolute atomic E-state index is 12.6. The van der Waals surface area contributed by atoms with Gasteiger partial charge in [0.25, 0.3) is 0 Å². The van der Waals surface area contributed by atoms with E-state index in [1.165, 1.54) is 32.1 Å². The molecule has 0 amide bonds. The highest BCUT2D eigenvalue weighted by molar-refractivity contribution is 5.70. The zero-order chi connectivity index (χ0) is 37.8. The fourth-order valence-electron chi connectivity index (χ4n) is 5.09. The fourth-order valence-corrected chi connectivity index (χ4v) is 5.09. The van der Waals surface area contributed by atoms with Gasteiger partial charge < -0.3 is 28.6 Å². The molecule has 8 nitrogen and oxygen atoms in total. The summed E-state index contributed by atoms with van der Waals surface area (Å²) in [4.78, 5) is 36.5. The molecule has 51 heavy (non-hydrogen) atoms. The van der Waals surface area contributed by atoms with Crippen LogP contribution in [-0.4, -0.2) is 75.5 Å². The van der Waals surface area contributed by atoms with Gasteiger partial charge in [-0.05, 0) is 51.4 Å². The van der Waals surface area contributed by atoms with Gasteiger partial charge in [0.2, 0.25) is 0 Å². The minimum Gasteiger partial charge on any atom is -0.544 e. The van der Waals surface area contributed by atoms with E-state index in [1.54, 1.807) is 21.1 Å². The number of rotatable bonds is 33. The molecule has 8 heteroatoms. The predicted molar refractivity (Wildman–Crippen MR) is 208 cm³/mol. The summed E-state index contributed by atoms with van der Waals surface area (Å²) in [5.41, 5.74) is 0. The van der Waals surface area contributed by atoms with Gasteiger partial charge >= 0.3 is 11.9 Å². The van der Waals surface area contributed by atoms with Crippen molar-refractivity contribution in [1.29, 1.82) is 0 Å². The topological polar surface area (TPSA) is 102 Å². The molecular formula is C43H71NO7. The fraction of sp³-hybridized carbons (Fsp3) is 0.651. The average Bonchev–Trinajstić information content (AvgIpc) is 3.08. The molecule has 290 valence electrons. The van der Waals surface area contributed by atoms with Gasteiger partial charge in [-0.1, -0.05) is 132 Å². The summed E-state index contributed by atoms with van der Waals surface area (Å²) in [6, 6.07) is -0.739. The minimum atomic E-state index is -1.14. The number of hydrogen-bond acceptors (Lipinski definition) is 7. The molecule has 0 aromatic carbocycles. The van der Waals surface area contributed by atoms with Gasteiger partial charge in [-0.15, -0.1) is 0 Å². The second kappa shape index (κ2) is 33.9. The van der Waals surface area contributed by atoms with Crippen molar-refractivity contribution >= 4 is 17.9 Å². The van der Waals surface area contributed by atoms with E-state index in [4.69, 9.17) is 14.2 Å². The van der Waals surface area contributed by atoms with Crippen LogP contribution >= 0.6 is 0 Å². The largest absolute Gasteiger partial charge is 0.544 e. The monoisotopic (exact) mass is 714 g/mol. The number of likely N-dealkylation sites (N-methyl/N-ethyl adjacent to an activating group) is 1. The van der Waals surface area contributed by atoms with Crippen molar-refractivity contribution in [3.8, 4) is 0 Å². The molecule has 0 saturated carbocycles.